The first-order valence-electron chi connectivity index (χ1n) is 5.95. The number of hydrogen-bond donors (Lipinski definition) is 2. The molecular weight excluding hydrogens is 323 g/mol. The molecule has 1 saturated heterocycles. The van der Waals surface area contributed by atoms with E-state index in [2.05, 4.69) is 10.6 Å². The molecule has 2 amide bonds. The van der Waals surface area contributed by atoms with Crippen LogP contribution in [0, 0.1) is 0 Å². The van der Waals surface area contributed by atoms with E-state index in [9.17, 15) is 22.6 Å². The largest absolute Gasteiger partial charge is 1.00 e. The van der Waals surface area contributed by atoms with Gasteiger partial charge in [0.25, 0.3) is 5.91 Å². The van der Waals surface area contributed by atoms with E-state index in [1.165, 1.54) is 31.4 Å². The molecule has 1 unspecified atom stereocenters. The maximum absolute atomic E-state index is 12.2. The number of methoxy groups -OCH3 is 1. The molecule has 0 aromatic heterocycles. The first kappa shape index (κ1) is 19.1. The van der Waals surface area contributed by atoms with Crippen molar-refractivity contribution in [1.82, 2.24) is 10.6 Å². The molecule has 1 aromatic carbocycles. The predicted molar refractivity (Wildman–Crippen MR) is 69.8 cm³/mol. The van der Waals surface area contributed by atoms with Crippen molar-refractivity contribution in [3.63, 3.8) is 0 Å². The van der Waals surface area contributed by atoms with E-state index in [1.807, 2.05) is 0 Å². The molecule has 2 N–H and O–H groups in total. The van der Waals surface area contributed by atoms with E-state index in [1.54, 1.807) is 6.07 Å². The van der Waals surface area contributed by atoms with E-state index >= 15 is 0 Å². The van der Waals surface area contributed by atoms with Gasteiger partial charge in [-0.25, -0.2) is 8.42 Å². The molecule has 0 radical (unpaired) electrons. The fourth-order valence-electron chi connectivity index (χ4n) is 1.98. The first-order valence-corrected chi connectivity index (χ1v) is 7.42. The quantitative estimate of drug-likeness (QED) is 0.243. The molecule has 0 spiro atoms. The van der Waals surface area contributed by atoms with E-state index in [-0.39, 0.29) is 41.7 Å². The number of benzene rings is 1. The monoisotopic (exact) mass is 336 g/mol. The van der Waals surface area contributed by atoms with Crippen molar-refractivity contribution in [1.29, 1.82) is 0 Å². The zero-order valence-electron chi connectivity index (χ0n) is 12.0. The van der Waals surface area contributed by atoms with Crippen LogP contribution >= 0.6 is 0 Å². The molecule has 1 aliphatic heterocycles. The smallest absolute Gasteiger partial charge is 0.747 e. The van der Waals surface area contributed by atoms with E-state index in [0.29, 0.717) is 0 Å². The third kappa shape index (κ3) is 3.67. The van der Waals surface area contributed by atoms with E-state index in [4.69, 9.17) is 4.74 Å². The van der Waals surface area contributed by atoms with E-state index < -0.39 is 32.9 Å². The Hall–Kier alpha value is -0.970. The third-order valence-corrected chi connectivity index (χ3v) is 4.23. The maximum atomic E-state index is 12.2. The Morgan fingerprint density at radius 2 is 2.00 bits per heavy atom. The van der Waals surface area contributed by atoms with Gasteiger partial charge in [-0.3, -0.25) is 9.59 Å². The van der Waals surface area contributed by atoms with Gasteiger partial charge in [0.2, 0.25) is 11.6 Å². The number of amides is 2. The molecule has 1 heterocycles. The van der Waals surface area contributed by atoms with Gasteiger partial charge in [0.05, 0.1) is 6.54 Å². The molecule has 0 aliphatic carbocycles. The van der Waals surface area contributed by atoms with Gasteiger partial charge in [0, 0.05) is 7.11 Å². The van der Waals surface area contributed by atoms with Gasteiger partial charge in [-0.2, -0.15) is 0 Å². The second-order valence-electron chi connectivity index (χ2n) is 4.49. The predicted octanol–water partition coefficient (Wildman–Crippen LogP) is -4.13. The number of β-lactam (4-membered cyclic amide) rings is 1. The average molecular weight is 336 g/mol. The zero-order chi connectivity index (χ0) is 15.7. The molecule has 2 atom stereocenters. The number of rotatable bonds is 5. The number of carbonyl (C=O) groups excluding carboxylic acids is 2. The van der Waals surface area contributed by atoms with Crippen LogP contribution in [0.2, 0.25) is 0 Å². The Morgan fingerprint density at radius 1 is 1.41 bits per heavy atom. The molecule has 0 saturated carbocycles. The summed E-state index contributed by atoms with van der Waals surface area (Å²) in [6, 6.07) is 7.32. The maximum Gasteiger partial charge on any atom is 1.00 e. The van der Waals surface area contributed by atoms with Crippen molar-refractivity contribution in [2.24, 2.45) is 0 Å². The Kier molecular flexibility index (Phi) is 6.13. The summed E-state index contributed by atoms with van der Waals surface area (Å²) < 4.78 is 39.0. The van der Waals surface area contributed by atoms with Crippen molar-refractivity contribution < 1.29 is 56.9 Å². The second kappa shape index (κ2) is 7.07. The van der Waals surface area contributed by atoms with Crippen LogP contribution in [0.25, 0.3) is 0 Å². The Morgan fingerprint density at radius 3 is 2.36 bits per heavy atom. The molecule has 10 heteroatoms. The third-order valence-electron chi connectivity index (χ3n) is 3.17. The van der Waals surface area contributed by atoms with Crippen molar-refractivity contribution in [2.45, 2.75) is 11.0 Å². The Labute approximate surface area is 149 Å². The van der Waals surface area contributed by atoms with E-state index in [0.717, 1.165) is 0 Å². The molecule has 1 aromatic rings. The molecule has 0 bridgehead atoms. The van der Waals surface area contributed by atoms with Crippen LogP contribution in [0.15, 0.2) is 30.3 Å². The van der Waals surface area contributed by atoms with Crippen molar-refractivity contribution in [3.8, 4) is 0 Å². The minimum atomic E-state index is -4.95. The van der Waals surface area contributed by atoms with Crippen LogP contribution in [0.1, 0.15) is 10.8 Å². The van der Waals surface area contributed by atoms with Crippen LogP contribution < -0.4 is 40.2 Å². The fourth-order valence-corrected chi connectivity index (χ4v) is 2.79. The topological polar surface area (TPSA) is 125 Å². The molecular formula is C12H13N2NaO6S. The van der Waals surface area contributed by atoms with Crippen LogP contribution in [0.5, 0.6) is 0 Å². The van der Waals surface area contributed by atoms with Crippen LogP contribution in [0.3, 0.4) is 0 Å². The Balaban J connectivity index is 0.00000242. The van der Waals surface area contributed by atoms with Crippen LogP contribution in [-0.4, -0.2) is 44.2 Å². The first-order chi connectivity index (χ1) is 9.80. The normalized spacial score (nSPS) is 21.8. The number of carbonyl (C=O) groups is 2. The molecule has 22 heavy (non-hydrogen) atoms. The molecule has 114 valence electrons. The summed E-state index contributed by atoms with van der Waals surface area (Å²) >= 11 is 0. The SMILES string of the molecule is CO[C@@]1(NC(=O)C(c2ccccc2)S(=O)(=O)[O-])CNC1=O.[Na+]. The zero-order valence-corrected chi connectivity index (χ0v) is 14.8. The number of hydrogen-bond acceptors (Lipinski definition) is 6. The van der Waals surface area contributed by atoms with Gasteiger partial charge in [0.15, 0.2) is 5.25 Å². The van der Waals surface area contributed by atoms with Crippen LogP contribution in [0.4, 0.5) is 0 Å². The molecule has 1 fully saturated rings. The summed E-state index contributed by atoms with van der Waals surface area (Å²) in [5.74, 6) is -1.71. The second-order valence-corrected chi connectivity index (χ2v) is 5.94. The van der Waals surface area contributed by atoms with Gasteiger partial charge in [0.1, 0.15) is 10.1 Å². The molecule has 2 rings (SSSR count). The Bertz CT molecular complexity index is 661. The minimum Gasteiger partial charge on any atom is -0.747 e. The number of nitrogens with one attached hydrogen (secondary N) is 2. The van der Waals surface area contributed by atoms with Crippen molar-refractivity contribution in [3.05, 3.63) is 35.9 Å². The fraction of sp³-hybridized carbons (Fsp3) is 0.333. The van der Waals surface area contributed by atoms with Crippen molar-refractivity contribution >= 4 is 21.9 Å². The summed E-state index contributed by atoms with van der Waals surface area (Å²) in [7, 11) is -3.75. The average Bonchev–Trinajstić information content (AvgIpc) is 2.42. The van der Waals surface area contributed by atoms with Gasteiger partial charge in [-0.1, -0.05) is 30.3 Å². The molecule has 1 aliphatic rings. The minimum absolute atomic E-state index is 0. The summed E-state index contributed by atoms with van der Waals surface area (Å²) in [4.78, 5) is 23.6. The summed E-state index contributed by atoms with van der Waals surface area (Å²) in [5, 5.41) is 2.60. The van der Waals surface area contributed by atoms with Gasteiger partial charge in [-0.05, 0) is 5.56 Å². The van der Waals surface area contributed by atoms with Crippen molar-refractivity contribution in [2.75, 3.05) is 13.7 Å². The standard InChI is InChI=1S/C12H14N2O6S.Na/c1-20-12(7-13-11(12)16)14-10(15)9(21(17,18)19)8-5-3-2-4-6-8;/h2-6,9H,7H2,1H3,(H,13,16)(H,14,15)(H,17,18,19);/q;+1/p-1/t9?,12-;/m0./s1. The van der Waals surface area contributed by atoms with Crippen LogP contribution in [-0.2, 0) is 24.4 Å². The number of ether oxygens (including phenoxy) is 1. The summed E-state index contributed by atoms with van der Waals surface area (Å²) in [6.45, 7) is -0.00547. The van der Waals surface area contributed by atoms with Gasteiger partial charge in [-0.15, -0.1) is 0 Å². The van der Waals surface area contributed by atoms with Gasteiger partial charge >= 0.3 is 29.6 Å². The summed E-state index contributed by atoms with van der Waals surface area (Å²) in [5.41, 5.74) is -1.61. The molecule has 8 nitrogen and oxygen atoms in total. The van der Waals surface area contributed by atoms with Gasteiger partial charge < -0.3 is 19.9 Å². The summed E-state index contributed by atoms with van der Waals surface area (Å²) in [6.07, 6.45) is 0.